The van der Waals surface area contributed by atoms with Crippen LogP contribution in [0.5, 0.6) is 0 Å². The maximum Gasteiger partial charge on any atom is 0.264 e. The Morgan fingerprint density at radius 2 is 2.08 bits per heavy atom. The van der Waals surface area contributed by atoms with Gasteiger partial charge in [0, 0.05) is 42.6 Å². The number of aromatic nitrogens is 2. The van der Waals surface area contributed by atoms with Gasteiger partial charge in [-0.05, 0) is 48.9 Å². The van der Waals surface area contributed by atoms with Crippen molar-refractivity contribution in [2.75, 3.05) is 11.4 Å². The van der Waals surface area contributed by atoms with E-state index in [0.29, 0.717) is 17.5 Å². The Morgan fingerprint density at radius 1 is 1.33 bits per heavy atom. The molecule has 1 aliphatic heterocycles. The van der Waals surface area contributed by atoms with E-state index in [1.807, 2.05) is 6.07 Å². The molecule has 3 rings (SSSR count). The lowest BCUT2D eigenvalue weighted by Crippen LogP contribution is -2.37. The topological polar surface area (TPSA) is 21.1 Å². The first-order chi connectivity index (χ1) is 11.4. The number of fused-ring (bicyclic) bond motifs is 1. The van der Waals surface area contributed by atoms with Crippen molar-refractivity contribution in [1.29, 1.82) is 0 Å². The first kappa shape index (κ1) is 16.9. The lowest BCUT2D eigenvalue weighted by molar-refractivity contribution is 0.152. The summed E-state index contributed by atoms with van der Waals surface area (Å²) in [7, 11) is 1.80. The molecule has 0 fully saturated rings. The lowest BCUT2D eigenvalue weighted by atomic mass is 9.86. The summed E-state index contributed by atoms with van der Waals surface area (Å²) in [6, 6.07) is 4.03. The minimum Gasteiger partial charge on any atom is -0.369 e. The molecule has 130 valence electrons. The van der Waals surface area contributed by atoms with E-state index in [9.17, 15) is 8.78 Å². The Bertz CT molecular complexity index is 723. The van der Waals surface area contributed by atoms with Crippen molar-refractivity contribution in [3.63, 3.8) is 0 Å². The number of aryl methyl sites for hydroxylation is 1. The number of halogens is 2. The van der Waals surface area contributed by atoms with Crippen molar-refractivity contribution in [3.05, 3.63) is 35.7 Å². The third kappa shape index (κ3) is 2.92. The smallest absolute Gasteiger partial charge is 0.264 e. The molecule has 0 N–H and O–H groups in total. The Kier molecular flexibility index (Phi) is 4.61. The Morgan fingerprint density at radius 3 is 2.67 bits per heavy atom. The highest BCUT2D eigenvalue weighted by atomic mass is 19.3. The van der Waals surface area contributed by atoms with Crippen molar-refractivity contribution < 1.29 is 8.78 Å². The molecule has 24 heavy (non-hydrogen) atoms. The molecular weight excluding hydrogens is 308 g/mol. The predicted octanol–water partition coefficient (Wildman–Crippen LogP) is 5.14. The zero-order chi connectivity index (χ0) is 17.4. The molecule has 1 unspecified atom stereocenters. The maximum absolute atomic E-state index is 13.8. The molecule has 0 radical (unpaired) electrons. The number of benzene rings is 1. The van der Waals surface area contributed by atoms with E-state index < -0.39 is 6.43 Å². The van der Waals surface area contributed by atoms with Crippen LogP contribution in [0.15, 0.2) is 24.5 Å². The molecule has 0 aliphatic carbocycles. The number of hydrogen-bond acceptors (Lipinski definition) is 2. The van der Waals surface area contributed by atoms with Gasteiger partial charge in [-0.3, -0.25) is 4.68 Å². The number of hydrogen-bond donors (Lipinski definition) is 0. The van der Waals surface area contributed by atoms with Crippen molar-refractivity contribution in [2.45, 2.75) is 52.0 Å². The molecule has 2 atom stereocenters. The van der Waals surface area contributed by atoms with Gasteiger partial charge < -0.3 is 4.90 Å². The van der Waals surface area contributed by atoms with Gasteiger partial charge in [0.05, 0.1) is 6.20 Å². The van der Waals surface area contributed by atoms with Crippen molar-refractivity contribution in [1.82, 2.24) is 9.78 Å². The average molecular weight is 333 g/mol. The van der Waals surface area contributed by atoms with Crippen molar-refractivity contribution in [3.8, 4) is 11.1 Å². The molecule has 2 heterocycles. The van der Waals surface area contributed by atoms with Gasteiger partial charge in [0.2, 0.25) is 0 Å². The second-order valence-electron chi connectivity index (χ2n) is 6.84. The van der Waals surface area contributed by atoms with E-state index in [2.05, 4.69) is 30.8 Å². The number of anilines is 1. The quantitative estimate of drug-likeness (QED) is 0.773. The van der Waals surface area contributed by atoms with Crippen LogP contribution in [0.1, 0.15) is 57.1 Å². The summed E-state index contributed by atoms with van der Waals surface area (Å²) in [4.78, 5) is 2.29. The fourth-order valence-corrected chi connectivity index (χ4v) is 3.54. The van der Waals surface area contributed by atoms with Crippen LogP contribution < -0.4 is 4.90 Å². The highest BCUT2D eigenvalue weighted by Crippen LogP contribution is 2.43. The van der Waals surface area contributed by atoms with E-state index >= 15 is 0 Å². The van der Waals surface area contributed by atoms with Gasteiger partial charge in [0.15, 0.2) is 0 Å². The Labute approximate surface area is 142 Å². The summed E-state index contributed by atoms with van der Waals surface area (Å²) in [5.74, 6) is 0.377. The fraction of sp³-hybridized carbons (Fsp3) is 0.526. The molecule has 0 bridgehead atoms. The van der Waals surface area contributed by atoms with Gasteiger partial charge in [0.1, 0.15) is 0 Å². The molecule has 1 aromatic heterocycles. The lowest BCUT2D eigenvalue weighted by Gasteiger charge is -2.39. The van der Waals surface area contributed by atoms with Gasteiger partial charge in [0.25, 0.3) is 6.43 Å². The van der Waals surface area contributed by atoms with Crippen LogP contribution in [-0.4, -0.2) is 22.4 Å². The third-order valence-electron chi connectivity index (χ3n) is 5.22. The molecule has 1 aliphatic rings. The van der Waals surface area contributed by atoms with Crippen LogP contribution in [0.2, 0.25) is 0 Å². The highest BCUT2D eigenvalue weighted by Gasteiger charge is 2.28. The predicted molar refractivity (Wildman–Crippen MR) is 93.7 cm³/mol. The van der Waals surface area contributed by atoms with E-state index in [1.165, 1.54) is 5.56 Å². The standard InChI is InChI=1S/C19H25F2N3/c1-5-13(3)24-7-6-12(2)15-8-16(14-10-22-23(4)11-14)17(19(20)21)9-18(15)24/h8-13,19H,5-7H2,1-4H3/t12-,13?/m0/s1. The van der Waals surface area contributed by atoms with Gasteiger partial charge in [-0.1, -0.05) is 13.8 Å². The molecule has 5 heteroatoms. The second-order valence-corrected chi connectivity index (χ2v) is 6.84. The minimum absolute atomic E-state index is 0.101. The zero-order valence-electron chi connectivity index (χ0n) is 14.8. The molecule has 2 aromatic rings. The number of alkyl halides is 2. The number of nitrogens with zero attached hydrogens (tertiary/aromatic N) is 3. The molecule has 3 nitrogen and oxygen atoms in total. The van der Waals surface area contributed by atoms with Gasteiger partial charge in [-0.2, -0.15) is 5.10 Å². The monoisotopic (exact) mass is 333 g/mol. The molecule has 0 spiro atoms. The Hall–Kier alpha value is -1.91. The van der Waals surface area contributed by atoms with Crippen LogP contribution in [0.25, 0.3) is 11.1 Å². The fourth-order valence-electron chi connectivity index (χ4n) is 3.54. The Balaban J connectivity index is 2.18. The summed E-state index contributed by atoms with van der Waals surface area (Å²) in [5, 5.41) is 4.14. The SMILES string of the molecule is CCC(C)N1CC[C@H](C)c2cc(-c3cnn(C)c3)c(C(F)F)cc21. The van der Waals surface area contributed by atoms with E-state index in [-0.39, 0.29) is 5.56 Å². The van der Waals surface area contributed by atoms with Crippen LogP contribution in [0.3, 0.4) is 0 Å². The highest BCUT2D eigenvalue weighted by molar-refractivity contribution is 5.74. The first-order valence-electron chi connectivity index (χ1n) is 8.64. The maximum atomic E-state index is 13.8. The average Bonchev–Trinajstić information content (AvgIpc) is 3.00. The normalized spacial score (nSPS) is 18.8. The second kappa shape index (κ2) is 6.54. The van der Waals surface area contributed by atoms with Crippen LogP contribution in [0, 0.1) is 0 Å². The summed E-state index contributed by atoms with van der Waals surface area (Å²) >= 11 is 0. The van der Waals surface area contributed by atoms with Gasteiger partial charge in [-0.15, -0.1) is 0 Å². The van der Waals surface area contributed by atoms with E-state index in [1.54, 1.807) is 30.2 Å². The van der Waals surface area contributed by atoms with Crippen molar-refractivity contribution >= 4 is 5.69 Å². The van der Waals surface area contributed by atoms with Gasteiger partial charge >= 0.3 is 0 Å². The van der Waals surface area contributed by atoms with Crippen molar-refractivity contribution in [2.24, 2.45) is 7.05 Å². The molecular formula is C19H25F2N3. The van der Waals surface area contributed by atoms with Crippen LogP contribution in [-0.2, 0) is 7.05 Å². The number of rotatable bonds is 4. The molecule has 0 saturated carbocycles. The summed E-state index contributed by atoms with van der Waals surface area (Å²) < 4.78 is 29.2. The molecule has 1 aromatic carbocycles. The summed E-state index contributed by atoms with van der Waals surface area (Å²) in [6.45, 7) is 7.41. The van der Waals surface area contributed by atoms with Gasteiger partial charge in [-0.25, -0.2) is 8.78 Å². The molecule has 0 saturated heterocycles. The summed E-state index contributed by atoms with van der Waals surface area (Å²) in [6.07, 6.45) is 3.02. The molecule has 0 amide bonds. The zero-order valence-corrected chi connectivity index (χ0v) is 14.8. The van der Waals surface area contributed by atoms with E-state index in [0.717, 1.165) is 30.6 Å². The third-order valence-corrected chi connectivity index (χ3v) is 5.22. The van der Waals surface area contributed by atoms with Crippen LogP contribution in [0.4, 0.5) is 14.5 Å². The largest absolute Gasteiger partial charge is 0.369 e. The summed E-state index contributed by atoms with van der Waals surface area (Å²) in [5.41, 5.74) is 3.61. The first-order valence-corrected chi connectivity index (χ1v) is 8.64. The minimum atomic E-state index is -2.50. The van der Waals surface area contributed by atoms with E-state index in [4.69, 9.17) is 0 Å². The van der Waals surface area contributed by atoms with Crippen LogP contribution >= 0.6 is 0 Å².